The molecule has 2 aromatic carbocycles. The Balaban J connectivity index is 1.54. The fourth-order valence-corrected chi connectivity index (χ4v) is 5.64. The van der Waals surface area contributed by atoms with Gasteiger partial charge in [0.15, 0.2) is 11.6 Å². The van der Waals surface area contributed by atoms with Crippen LogP contribution in [0.2, 0.25) is 10.0 Å². The van der Waals surface area contributed by atoms with Crippen molar-refractivity contribution in [1.82, 2.24) is 19.9 Å². The highest BCUT2D eigenvalue weighted by Gasteiger charge is 2.24. The molecule has 3 aromatic heterocycles. The molecule has 0 aliphatic carbocycles. The Morgan fingerprint density at radius 1 is 0.944 bits per heavy atom. The normalized spacial score (nSPS) is 11.6. The summed E-state index contributed by atoms with van der Waals surface area (Å²) in [6, 6.07) is 9.23. The van der Waals surface area contributed by atoms with Gasteiger partial charge in [0.25, 0.3) is 10.0 Å². The van der Waals surface area contributed by atoms with E-state index in [1.54, 1.807) is 23.0 Å². The van der Waals surface area contributed by atoms with Crippen LogP contribution in [0.4, 0.5) is 26.0 Å². The molecule has 14 heteroatoms. The lowest BCUT2D eigenvalue weighted by molar-refractivity contribution is 0.588. The predicted molar refractivity (Wildman–Crippen MR) is 135 cm³/mol. The van der Waals surface area contributed by atoms with Gasteiger partial charge in [0.1, 0.15) is 28.2 Å². The van der Waals surface area contributed by atoms with Crippen LogP contribution >= 0.6 is 34.5 Å². The quantitative estimate of drug-likeness (QED) is 0.250. The largest absolute Gasteiger partial charge is 0.333 e. The lowest BCUT2D eigenvalue weighted by Gasteiger charge is -2.15. The van der Waals surface area contributed by atoms with Crippen molar-refractivity contribution < 1.29 is 17.2 Å². The number of halogens is 4. The molecule has 0 spiro atoms. The number of thiazole rings is 1. The molecule has 0 saturated heterocycles. The van der Waals surface area contributed by atoms with Gasteiger partial charge in [-0.1, -0.05) is 29.3 Å². The van der Waals surface area contributed by atoms with Crippen LogP contribution in [-0.2, 0) is 10.0 Å². The van der Waals surface area contributed by atoms with Gasteiger partial charge in [-0.2, -0.15) is 0 Å². The Labute approximate surface area is 217 Å². The van der Waals surface area contributed by atoms with Crippen molar-refractivity contribution in [1.29, 1.82) is 0 Å². The van der Waals surface area contributed by atoms with E-state index in [1.807, 2.05) is 0 Å². The fraction of sp³-hybridized carbons (Fsp3) is 0. The van der Waals surface area contributed by atoms with E-state index in [0.29, 0.717) is 16.9 Å². The smallest absolute Gasteiger partial charge is 0.263 e. The highest BCUT2D eigenvalue weighted by molar-refractivity contribution is 7.92. The van der Waals surface area contributed by atoms with E-state index in [2.05, 4.69) is 30.0 Å². The van der Waals surface area contributed by atoms with Crippen LogP contribution in [0, 0.1) is 11.6 Å². The van der Waals surface area contributed by atoms with Crippen LogP contribution < -0.4 is 10.0 Å². The second-order valence-electron chi connectivity index (χ2n) is 7.23. The minimum absolute atomic E-state index is 0.00151. The van der Waals surface area contributed by atoms with Crippen LogP contribution in [0.15, 0.2) is 64.6 Å². The number of rotatable bonds is 6. The predicted octanol–water partition coefficient (Wildman–Crippen LogP) is 6.28. The minimum atomic E-state index is -4.36. The Morgan fingerprint density at radius 3 is 2.56 bits per heavy atom. The molecule has 0 radical (unpaired) electrons. The van der Waals surface area contributed by atoms with Gasteiger partial charge < -0.3 is 5.32 Å². The fourth-order valence-electron chi connectivity index (χ4n) is 3.27. The lowest BCUT2D eigenvalue weighted by Crippen LogP contribution is -2.15. The zero-order chi connectivity index (χ0) is 25.4. The number of benzene rings is 2. The Kier molecular flexibility index (Phi) is 6.43. The highest BCUT2D eigenvalue weighted by Crippen LogP contribution is 2.34. The van der Waals surface area contributed by atoms with Crippen LogP contribution in [0.5, 0.6) is 0 Å². The molecular weight excluding hydrogens is 553 g/mol. The molecule has 0 saturated carbocycles. The van der Waals surface area contributed by atoms with Gasteiger partial charge in [-0.25, -0.2) is 37.1 Å². The van der Waals surface area contributed by atoms with Gasteiger partial charge in [-0.05, 0) is 36.4 Å². The second-order valence-corrected chi connectivity index (χ2v) is 10.4. The van der Waals surface area contributed by atoms with Crippen LogP contribution in [-0.4, -0.2) is 28.4 Å². The van der Waals surface area contributed by atoms with Crippen molar-refractivity contribution in [2.75, 3.05) is 10.0 Å². The number of aromatic nitrogens is 4. The molecule has 0 bridgehead atoms. The Bertz CT molecular complexity index is 1720. The van der Waals surface area contributed by atoms with Crippen molar-refractivity contribution in [2.45, 2.75) is 4.90 Å². The highest BCUT2D eigenvalue weighted by atomic mass is 35.5. The van der Waals surface area contributed by atoms with E-state index < -0.39 is 33.0 Å². The first-order valence-corrected chi connectivity index (χ1v) is 13.1. The first kappa shape index (κ1) is 24.3. The SMILES string of the molecule is O=S(=O)(Nc1ccc(F)c(Nc2ncnc3ccc(-c4cscn4)nc23)c1F)c1cccc(Cl)c1Cl. The first-order valence-electron chi connectivity index (χ1n) is 9.97. The molecule has 0 unspecified atom stereocenters. The molecule has 8 nitrogen and oxygen atoms in total. The van der Waals surface area contributed by atoms with Crippen molar-refractivity contribution in [2.24, 2.45) is 0 Å². The van der Waals surface area contributed by atoms with Gasteiger partial charge in [-0.3, -0.25) is 4.72 Å². The van der Waals surface area contributed by atoms with Crippen LogP contribution in [0.25, 0.3) is 22.4 Å². The average Bonchev–Trinajstić information content (AvgIpc) is 3.40. The summed E-state index contributed by atoms with van der Waals surface area (Å²) in [6.07, 6.45) is 1.21. The van der Waals surface area contributed by atoms with E-state index in [4.69, 9.17) is 23.2 Å². The summed E-state index contributed by atoms with van der Waals surface area (Å²) in [7, 11) is -4.36. The third-order valence-electron chi connectivity index (χ3n) is 4.96. The van der Waals surface area contributed by atoms with Gasteiger partial charge in [0.05, 0.1) is 38.1 Å². The number of nitrogens with zero attached hydrogens (tertiary/aromatic N) is 4. The number of hydrogen-bond acceptors (Lipinski definition) is 8. The van der Waals surface area contributed by atoms with Crippen molar-refractivity contribution >= 4 is 72.8 Å². The van der Waals surface area contributed by atoms with Gasteiger partial charge in [0, 0.05) is 5.38 Å². The molecule has 0 fully saturated rings. The van der Waals surface area contributed by atoms with E-state index in [1.165, 1.54) is 35.9 Å². The number of hydrogen-bond donors (Lipinski definition) is 2. The van der Waals surface area contributed by atoms with Gasteiger partial charge >= 0.3 is 0 Å². The zero-order valence-corrected chi connectivity index (χ0v) is 20.9. The van der Waals surface area contributed by atoms with E-state index >= 15 is 4.39 Å². The van der Waals surface area contributed by atoms with Crippen molar-refractivity contribution in [3.05, 3.63) is 81.4 Å². The molecule has 0 atom stereocenters. The maximum absolute atomic E-state index is 15.4. The first-order chi connectivity index (χ1) is 17.2. The Hall–Kier alpha value is -3.45. The molecule has 5 rings (SSSR count). The standard InChI is InChI=1S/C22H12Cl2F2N6O2S2/c23-11-2-1-3-17(18(11)24)36(33,34)32-14-5-4-12(25)20(19(14)26)31-22-21-15(27-9-28-22)7-6-13(30-21)16-8-35-10-29-16/h1-10,32H,(H,27,28,31). The van der Waals surface area contributed by atoms with Crippen LogP contribution in [0.1, 0.15) is 0 Å². The zero-order valence-electron chi connectivity index (χ0n) is 17.7. The third kappa shape index (κ3) is 4.55. The maximum Gasteiger partial charge on any atom is 0.263 e. The minimum Gasteiger partial charge on any atom is -0.333 e. The van der Waals surface area contributed by atoms with E-state index in [0.717, 1.165) is 12.1 Å². The Morgan fingerprint density at radius 2 is 1.78 bits per heavy atom. The summed E-state index contributed by atoms with van der Waals surface area (Å²) >= 11 is 13.3. The molecular formula is C22H12Cl2F2N6O2S2. The average molecular weight is 565 g/mol. The number of nitrogens with one attached hydrogen (secondary N) is 2. The molecule has 2 N–H and O–H groups in total. The van der Waals surface area contributed by atoms with Gasteiger partial charge in [-0.15, -0.1) is 11.3 Å². The summed E-state index contributed by atoms with van der Waals surface area (Å²) in [4.78, 5) is 16.5. The molecule has 182 valence electrons. The molecule has 3 heterocycles. The van der Waals surface area contributed by atoms with E-state index in [-0.39, 0.29) is 26.3 Å². The van der Waals surface area contributed by atoms with Crippen molar-refractivity contribution in [3.63, 3.8) is 0 Å². The van der Waals surface area contributed by atoms with Crippen LogP contribution in [0.3, 0.4) is 0 Å². The third-order valence-corrected chi connectivity index (χ3v) is 7.89. The maximum atomic E-state index is 15.4. The summed E-state index contributed by atoms with van der Waals surface area (Å²) in [5.41, 5.74) is 2.26. The number of pyridine rings is 1. The molecule has 36 heavy (non-hydrogen) atoms. The summed E-state index contributed by atoms with van der Waals surface area (Å²) in [6.45, 7) is 0. The monoisotopic (exact) mass is 564 g/mol. The molecule has 5 aromatic rings. The van der Waals surface area contributed by atoms with E-state index in [9.17, 15) is 12.8 Å². The van der Waals surface area contributed by atoms with Gasteiger partial charge in [0.2, 0.25) is 0 Å². The number of fused-ring (bicyclic) bond motifs is 1. The number of anilines is 3. The molecule has 0 amide bonds. The lowest BCUT2D eigenvalue weighted by atomic mass is 10.2. The topological polar surface area (TPSA) is 110 Å². The van der Waals surface area contributed by atoms with Crippen molar-refractivity contribution in [3.8, 4) is 11.4 Å². The second kappa shape index (κ2) is 9.54. The molecule has 0 aliphatic heterocycles. The summed E-state index contributed by atoms with van der Waals surface area (Å²) < 4.78 is 57.8. The number of sulfonamides is 1. The molecule has 0 aliphatic rings. The summed E-state index contributed by atoms with van der Waals surface area (Å²) in [5.74, 6) is -2.19. The summed E-state index contributed by atoms with van der Waals surface area (Å²) in [5, 5.41) is 4.14.